The summed E-state index contributed by atoms with van der Waals surface area (Å²) in [6.07, 6.45) is 1.40. The van der Waals surface area contributed by atoms with E-state index in [0.717, 1.165) is 21.9 Å². The van der Waals surface area contributed by atoms with E-state index in [1.54, 1.807) is 0 Å². The predicted octanol–water partition coefficient (Wildman–Crippen LogP) is 4.88. The Morgan fingerprint density at radius 1 is 1.05 bits per heavy atom. The van der Waals surface area contributed by atoms with Crippen LogP contribution in [0.2, 0.25) is 5.02 Å². The summed E-state index contributed by atoms with van der Waals surface area (Å²) in [5, 5.41) is 14.8. The van der Waals surface area contributed by atoms with E-state index in [9.17, 15) is 0 Å². The monoisotopic (exact) mass is 311 g/mol. The number of ether oxygens (including phenoxy) is 1. The highest BCUT2D eigenvalue weighted by atomic mass is 35.5. The second-order valence-electron chi connectivity index (χ2n) is 4.86. The van der Waals surface area contributed by atoms with Gasteiger partial charge in [0.25, 0.3) is 0 Å². The number of nitrogens with zero attached hydrogens (tertiary/aromatic N) is 1. The summed E-state index contributed by atoms with van der Waals surface area (Å²) >= 11 is 5.98. The topological polar surface area (TPSA) is 41.8 Å². The van der Waals surface area contributed by atoms with Crippen molar-refractivity contribution in [1.82, 2.24) is 0 Å². The average Bonchev–Trinajstić information content (AvgIpc) is 2.54. The zero-order chi connectivity index (χ0) is 15.4. The molecule has 0 bridgehead atoms. The summed E-state index contributed by atoms with van der Waals surface area (Å²) in [6.45, 7) is 0.394. The Morgan fingerprint density at radius 3 is 2.73 bits per heavy atom. The van der Waals surface area contributed by atoms with Crippen molar-refractivity contribution in [2.24, 2.45) is 5.16 Å². The third-order valence-corrected chi connectivity index (χ3v) is 3.64. The Hall–Kier alpha value is -2.52. The number of halogens is 1. The highest BCUT2D eigenvalue weighted by Gasteiger charge is 2.07. The van der Waals surface area contributed by atoms with E-state index in [0.29, 0.717) is 17.4 Å². The fraction of sp³-hybridized carbons (Fsp3) is 0.0556. The van der Waals surface area contributed by atoms with Crippen molar-refractivity contribution in [2.45, 2.75) is 6.61 Å². The summed E-state index contributed by atoms with van der Waals surface area (Å²) < 4.78 is 5.88. The van der Waals surface area contributed by atoms with Gasteiger partial charge in [-0.2, -0.15) is 0 Å². The van der Waals surface area contributed by atoms with Crippen LogP contribution in [0.1, 0.15) is 11.1 Å². The number of benzene rings is 3. The average molecular weight is 312 g/mol. The maximum Gasteiger partial charge on any atom is 0.129 e. The van der Waals surface area contributed by atoms with E-state index in [1.165, 1.54) is 6.21 Å². The molecule has 3 aromatic rings. The molecule has 0 aliphatic carbocycles. The van der Waals surface area contributed by atoms with E-state index in [-0.39, 0.29) is 0 Å². The molecule has 4 heteroatoms. The lowest BCUT2D eigenvalue weighted by Crippen LogP contribution is -1.99. The lowest BCUT2D eigenvalue weighted by atomic mass is 10.0. The Bertz CT molecular complexity index is 830. The summed E-state index contributed by atoms with van der Waals surface area (Å²) in [7, 11) is 0. The standard InChI is InChI=1S/C18H14ClNO2/c19-15-6-3-4-13(10-15)12-22-18-9-8-14-5-1-2-7-16(14)17(18)11-20-21/h1-11,21H,12H2. The fourth-order valence-electron chi connectivity index (χ4n) is 2.38. The molecule has 0 fully saturated rings. The molecule has 3 aromatic carbocycles. The van der Waals surface area contributed by atoms with Crippen LogP contribution in [0.4, 0.5) is 0 Å². The molecular formula is C18H14ClNO2. The first-order valence-electron chi connectivity index (χ1n) is 6.84. The van der Waals surface area contributed by atoms with Crippen LogP contribution in [0.3, 0.4) is 0 Å². The largest absolute Gasteiger partial charge is 0.488 e. The van der Waals surface area contributed by atoms with E-state index in [4.69, 9.17) is 21.5 Å². The Kier molecular flexibility index (Phi) is 4.26. The van der Waals surface area contributed by atoms with Crippen LogP contribution >= 0.6 is 11.6 Å². The lowest BCUT2D eigenvalue weighted by molar-refractivity contribution is 0.304. The van der Waals surface area contributed by atoms with E-state index >= 15 is 0 Å². The van der Waals surface area contributed by atoms with Gasteiger partial charge in [0.05, 0.1) is 6.21 Å². The van der Waals surface area contributed by atoms with Crippen molar-refractivity contribution in [2.75, 3.05) is 0 Å². The van der Waals surface area contributed by atoms with Gasteiger partial charge in [0.15, 0.2) is 0 Å². The van der Waals surface area contributed by atoms with Gasteiger partial charge in [-0.3, -0.25) is 0 Å². The van der Waals surface area contributed by atoms with Crippen LogP contribution in [-0.2, 0) is 6.61 Å². The number of rotatable bonds is 4. The van der Waals surface area contributed by atoms with Gasteiger partial charge in [-0.1, -0.05) is 59.2 Å². The highest BCUT2D eigenvalue weighted by Crippen LogP contribution is 2.27. The van der Waals surface area contributed by atoms with Gasteiger partial charge in [0, 0.05) is 10.6 Å². The van der Waals surface area contributed by atoms with E-state index < -0.39 is 0 Å². The number of oxime groups is 1. The van der Waals surface area contributed by atoms with Gasteiger partial charge in [0.1, 0.15) is 12.4 Å². The summed E-state index contributed by atoms with van der Waals surface area (Å²) in [5.74, 6) is 0.663. The normalized spacial score (nSPS) is 11.1. The quantitative estimate of drug-likeness (QED) is 0.424. The van der Waals surface area contributed by atoms with E-state index in [2.05, 4.69) is 5.16 Å². The molecule has 1 N–H and O–H groups in total. The van der Waals surface area contributed by atoms with Crippen molar-refractivity contribution >= 4 is 28.6 Å². The molecule has 0 saturated carbocycles. The molecule has 0 radical (unpaired) electrons. The molecular weight excluding hydrogens is 298 g/mol. The van der Waals surface area contributed by atoms with Gasteiger partial charge in [-0.15, -0.1) is 0 Å². The molecule has 0 aliphatic rings. The molecule has 0 aliphatic heterocycles. The van der Waals surface area contributed by atoms with Gasteiger partial charge in [-0.05, 0) is 34.5 Å². The Labute approximate surface area is 133 Å². The van der Waals surface area contributed by atoms with Crippen LogP contribution in [-0.4, -0.2) is 11.4 Å². The van der Waals surface area contributed by atoms with Crippen molar-refractivity contribution in [3.63, 3.8) is 0 Å². The van der Waals surface area contributed by atoms with Crippen LogP contribution in [0.15, 0.2) is 65.8 Å². The molecule has 3 rings (SSSR count). The van der Waals surface area contributed by atoms with Crippen LogP contribution < -0.4 is 4.74 Å². The van der Waals surface area contributed by atoms with Gasteiger partial charge >= 0.3 is 0 Å². The second-order valence-corrected chi connectivity index (χ2v) is 5.30. The minimum absolute atomic E-state index is 0.394. The molecule has 0 amide bonds. The SMILES string of the molecule is ON=Cc1c(OCc2cccc(Cl)c2)ccc2ccccc12. The van der Waals surface area contributed by atoms with Crippen LogP contribution in [0, 0.1) is 0 Å². The Balaban J connectivity index is 1.94. The lowest BCUT2D eigenvalue weighted by Gasteiger charge is -2.11. The zero-order valence-electron chi connectivity index (χ0n) is 11.7. The molecule has 0 unspecified atom stereocenters. The van der Waals surface area contributed by atoms with Gasteiger partial charge < -0.3 is 9.94 Å². The zero-order valence-corrected chi connectivity index (χ0v) is 12.5. The minimum Gasteiger partial charge on any atom is -0.488 e. The number of hydrogen-bond acceptors (Lipinski definition) is 3. The maximum atomic E-state index is 8.92. The predicted molar refractivity (Wildman–Crippen MR) is 89.1 cm³/mol. The fourth-order valence-corrected chi connectivity index (χ4v) is 2.59. The minimum atomic E-state index is 0.394. The first-order valence-corrected chi connectivity index (χ1v) is 7.22. The molecule has 22 heavy (non-hydrogen) atoms. The van der Waals surface area contributed by atoms with Crippen molar-refractivity contribution in [1.29, 1.82) is 0 Å². The second kappa shape index (κ2) is 6.50. The third kappa shape index (κ3) is 3.05. The van der Waals surface area contributed by atoms with Crippen LogP contribution in [0.25, 0.3) is 10.8 Å². The van der Waals surface area contributed by atoms with Gasteiger partial charge in [-0.25, -0.2) is 0 Å². The number of hydrogen-bond donors (Lipinski definition) is 1. The molecule has 0 aromatic heterocycles. The first kappa shape index (κ1) is 14.4. The Morgan fingerprint density at radius 2 is 1.91 bits per heavy atom. The first-order chi connectivity index (χ1) is 10.8. The van der Waals surface area contributed by atoms with Crippen molar-refractivity contribution in [3.8, 4) is 5.75 Å². The molecule has 0 atom stereocenters. The molecule has 3 nitrogen and oxygen atoms in total. The molecule has 0 spiro atoms. The van der Waals surface area contributed by atoms with Crippen molar-refractivity contribution < 1.29 is 9.94 Å². The number of fused-ring (bicyclic) bond motifs is 1. The summed E-state index contributed by atoms with van der Waals surface area (Å²) in [5.41, 5.74) is 1.73. The highest BCUT2D eigenvalue weighted by molar-refractivity contribution is 6.30. The van der Waals surface area contributed by atoms with Crippen molar-refractivity contribution in [3.05, 3.63) is 76.8 Å². The van der Waals surface area contributed by atoms with Gasteiger partial charge in [0.2, 0.25) is 0 Å². The summed E-state index contributed by atoms with van der Waals surface area (Å²) in [4.78, 5) is 0. The van der Waals surface area contributed by atoms with Crippen LogP contribution in [0.5, 0.6) is 5.75 Å². The molecule has 0 saturated heterocycles. The molecule has 110 valence electrons. The molecule has 0 heterocycles. The van der Waals surface area contributed by atoms with E-state index in [1.807, 2.05) is 60.7 Å². The summed E-state index contributed by atoms with van der Waals surface area (Å²) in [6, 6.07) is 19.3. The smallest absolute Gasteiger partial charge is 0.129 e. The maximum absolute atomic E-state index is 8.92. The third-order valence-electron chi connectivity index (χ3n) is 3.40.